The van der Waals surface area contributed by atoms with E-state index in [9.17, 15) is 9.18 Å². The molecule has 19 heavy (non-hydrogen) atoms. The van der Waals surface area contributed by atoms with Crippen LogP contribution in [-0.2, 0) is 6.42 Å². The predicted octanol–water partition coefficient (Wildman–Crippen LogP) is 3.96. The molecule has 0 atom stereocenters. The first-order chi connectivity index (χ1) is 9.08. The van der Waals surface area contributed by atoms with Gasteiger partial charge in [-0.1, -0.05) is 6.07 Å². The highest BCUT2D eigenvalue weighted by Gasteiger charge is 2.13. The molecule has 0 aliphatic carbocycles. The van der Waals surface area contributed by atoms with Crippen molar-refractivity contribution in [3.8, 4) is 0 Å². The van der Waals surface area contributed by atoms with Crippen LogP contribution in [0.15, 0.2) is 40.2 Å². The predicted molar refractivity (Wildman–Crippen MR) is 79.1 cm³/mol. The Morgan fingerprint density at radius 1 is 1.42 bits per heavy atom. The molecule has 2 aromatic rings. The fourth-order valence-corrected chi connectivity index (χ4v) is 2.76. The van der Waals surface area contributed by atoms with Crippen LogP contribution < -0.4 is 0 Å². The lowest BCUT2D eigenvalue weighted by Crippen LogP contribution is -2.28. The number of hydrogen-bond donors (Lipinski definition) is 0. The van der Waals surface area contributed by atoms with E-state index in [-0.39, 0.29) is 11.7 Å². The van der Waals surface area contributed by atoms with Crippen molar-refractivity contribution in [3.63, 3.8) is 0 Å². The summed E-state index contributed by atoms with van der Waals surface area (Å²) in [6.45, 7) is 0.647. The van der Waals surface area contributed by atoms with E-state index in [1.165, 1.54) is 23.1 Å². The van der Waals surface area contributed by atoms with E-state index in [4.69, 9.17) is 0 Å². The maximum Gasteiger partial charge on any atom is 0.253 e. The van der Waals surface area contributed by atoms with Gasteiger partial charge in [0.25, 0.3) is 5.91 Å². The Balaban J connectivity index is 2.00. The van der Waals surface area contributed by atoms with Crippen molar-refractivity contribution in [1.29, 1.82) is 0 Å². The Morgan fingerprint density at radius 3 is 2.84 bits per heavy atom. The minimum Gasteiger partial charge on any atom is -0.341 e. The normalized spacial score (nSPS) is 10.5. The summed E-state index contributed by atoms with van der Waals surface area (Å²) < 4.78 is 13.4. The molecule has 0 aliphatic rings. The van der Waals surface area contributed by atoms with Crippen LogP contribution in [0.3, 0.4) is 0 Å². The number of likely N-dealkylation sites (N-methyl/N-ethyl adjacent to an activating group) is 1. The van der Waals surface area contributed by atoms with Gasteiger partial charge in [0.1, 0.15) is 5.82 Å². The molecular weight excluding hydrogens is 329 g/mol. The molecule has 0 spiro atoms. The second-order valence-electron chi connectivity index (χ2n) is 4.18. The van der Waals surface area contributed by atoms with Crippen LogP contribution in [0.1, 0.15) is 15.2 Å². The van der Waals surface area contributed by atoms with Crippen molar-refractivity contribution in [3.05, 3.63) is 56.4 Å². The van der Waals surface area contributed by atoms with E-state index < -0.39 is 0 Å². The summed E-state index contributed by atoms with van der Waals surface area (Å²) in [7, 11) is 1.76. The molecule has 0 saturated carbocycles. The van der Waals surface area contributed by atoms with Crippen molar-refractivity contribution in [2.45, 2.75) is 6.42 Å². The lowest BCUT2D eigenvalue weighted by molar-refractivity contribution is 0.0796. The fraction of sp³-hybridized carbons (Fsp3) is 0.214. The number of thiophene rings is 1. The van der Waals surface area contributed by atoms with E-state index in [0.717, 1.165) is 6.42 Å². The van der Waals surface area contributed by atoms with Crippen molar-refractivity contribution >= 4 is 33.2 Å². The number of carbonyl (C=O) groups is 1. The Bertz CT molecular complexity index is 571. The van der Waals surface area contributed by atoms with Gasteiger partial charge in [0.05, 0.1) is 4.47 Å². The molecule has 2 rings (SSSR count). The molecule has 100 valence electrons. The van der Waals surface area contributed by atoms with Gasteiger partial charge >= 0.3 is 0 Å². The second-order valence-corrected chi connectivity index (χ2v) is 6.07. The van der Waals surface area contributed by atoms with Crippen molar-refractivity contribution in [2.75, 3.05) is 13.6 Å². The molecule has 0 N–H and O–H groups in total. The monoisotopic (exact) mass is 341 g/mol. The summed E-state index contributed by atoms with van der Waals surface area (Å²) >= 11 is 4.77. The number of amides is 1. The lowest BCUT2D eigenvalue weighted by atomic mass is 10.2. The second kappa shape index (κ2) is 6.30. The highest BCUT2D eigenvalue weighted by Crippen LogP contribution is 2.18. The van der Waals surface area contributed by atoms with E-state index in [1.807, 2.05) is 11.4 Å². The van der Waals surface area contributed by atoms with Gasteiger partial charge in [0.15, 0.2) is 0 Å². The maximum absolute atomic E-state index is 13.1. The first kappa shape index (κ1) is 14.2. The van der Waals surface area contributed by atoms with Crippen LogP contribution in [0, 0.1) is 5.82 Å². The topological polar surface area (TPSA) is 20.3 Å². The van der Waals surface area contributed by atoms with Crippen LogP contribution in [0.4, 0.5) is 4.39 Å². The molecule has 0 aliphatic heterocycles. The molecule has 1 aromatic heterocycles. The summed E-state index contributed by atoms with van der Waals surface area (Å²) in [5.74, 6) is -0.463. The third-order valence-corrected chi connectivity index (χ3v) is 4.33. The summed E-state index contributed by atoms with van der Waals surface area (Å²) in [4.78, 5) is 15.1. The molecular formula is C14H13BrFNOS. The van der Waals surface area contributed by atoms with Crippen molar-refractivity contribution in [2.24, 2.45) is 0 Å². The van der Waals surface area contributed by atoms with Gasteiger partial charge in [-0.25, -0.2) is 4.39 Å². The molecule has 0 saturated heterocycles. The first-order valence-electron chi connectivity index (χ1n) is 5.81. The minimum absolute atomic E-state index is 0.0998. The quantitative estimate of drug-likeness (QED) is 0.824. The van der Waals surface area contributed by atoms with Crippen LogP contribution in [0.2, 0.25) is 0 Å². The van der Waals surface area contributed by atoms with Crippen LogP contribution >= 0.6 is 27.3 Å². The van der Waals surface area contributed by atoms with E-state index in [0.29, 0.717) is 16.6 Å². The Labute approximate surface area is 124 Å². The zero-order chi connectivity index (χ0) is 13.8. The number of rotatable bonds is 4. The molecule has 0 fully saturated rings. The summed E-state index contributed by atoms with van der Waals surface area (Å²) in [6, 6.07) is 8.37. The van der Waals surface area contributed by atoms with Gasteiger partial charge in [0, 0.05) is 24.0 Å². The largest absolute Gasteiger partial charge is 0.341 e. The highest BCUT2D eigenvalue weighted by molar-refractivity contribution is 9.10. The zero-order valence-electron chi connectivity index (χ0n) is 10.4. The van der Waals surface area contributed by atoms with Gasteiger partial charge < -0.3 is 4.90 Å². The molecule has 2 nitrogen and oxygen atoms in total. The Hall–Kier alpha value is -1.20. The summed E-state index contributed by atoms with van der Waals surface area (Å²) in [6.07, 6.45) is 0.836. The van der Waals surface area contributed by atoms with Crippen LogP contribution in [0.25, 0.3) is 0 Å². The smallest absolute Gasteiger partial charge is 0.253 e. The van der Waals surface area contributed by atoms with E-state index >= 15 is 0 Å². The number of hydrogen-bond acceptors (Lipinski definition) is 2. The van der Waals surface area contributed by atoms with Gasteiger partial charge in [-0.05, 0) is 52.0 Å². The van der Waals surface area contributed by atoms with Gasteiger partial charge in [-0.3, -0.25) is 4.79 Å². The molecule has 1 heterocycles. The van der Waals surface area contributed by atoms with Crippen molar-refractivity contribution in [1.82, 2.24) is 4.90 Å². The zero-order valence-corrected chi connectivity index (χ0v) is 12.8. The highest BCUT2D eigenvalue weighted by atomic mass is 79.9. The molecule has 1 aromatic carbocycles. The summed E-state index contributed by atoms with van der Waals surface area (Å²) in [5, 5.41) is 2.02. The number of benzene rings is 1. The summed E-state index contributed by atoms with van der Waals surface area (Å²) in [5.41, 5.74) is 0.488. The molecule has 5 heteroatoms. The van der Waals surface area contributed by atoms with Gasteiger partial charge in [-0.2, -0.15) is 0 Å². The van der Waals surface area contributed by atoms with Crippen molar-refractivity contribution < 1.29 is 9.18 Å². The number of halogens is 2. The average Bonchev–Trinajstić information content (AvgIpc) is 2.91. The third kappa shape index (κ3) is 3.64. The van der Waals surface area contributed by atoms with E-state index in [2.05, 4.69) is 22.0 Å². The molecule has 0 unspecified atom stereocenters. The average molecular weight is 342 g/mol. The molecule has 0 bridgehead atoms. The Morgan fingerprint density at radius 2 is 2.21 bits per heavy atom. The lowest BCUT2D eigenvalue weighted by Gasteiger charge is -2.17. The van der Waals surface area contributed by atoms with E-state index in [1.54, 1.807) is 23.3 Å². The first-order valence-corrected chi connectivity index (χ1v) is 7.48. The van der Waals surface area contributed by atoms with Crippen LogP contribution in [0.5, 0.6) is 0 Å². The number of nitrogens with zero attached hydrogens (tertiary/aromatic N) is 1. The Kier molecular flexibility index (Phi) is 4.71. The van der Waals surface area contributed by atoms with Crippen LogP contribution in [-0.4, -0.2) is 24.4 Å². The molecule has 1 amide bonds. The maximum atomic E-state index is 13.1. The number of carbonyl (C=O) groups excluding carboxylic acids is 1. The van der Waals surface area contributed by atoms with Gasteiger partial charge in [-0.15, -0.1) is 11.3 Å². The van der Waals surface area contributed by atoms with Gasteiger partial charge in [0.2, 0.25) is 0 Å². The minimum atomic E-state index is -0.363. The molecule has 0 radical (unpaired) electrons. The standard InChI is InChI=1S/C14H13BrFNOS/c1-17(7-6-11-3-2-8-19-11)14(18)10-4-5-13(16)12(15)9-10/h2-5,8-9H,6-7H2,1H3. The SMILES string of the molecule is CN(CCc1cccs1)C(=O)c1ccc(F)c(Br)c1. The fourth-order valence-electron chi connectivity index (χ4n) is 1.68. The third-order valence-electron chi connectivity index (χ3n) is 2.79.